The fourth-order valence-corrected chi connectivity index (χ4v) is 2.10. The Morgan fingerprint density at radius 3 is 1.45 bits per heavy atom. The number of carboxylic acids is 3. The monoisotopic (exact) mass is 525 g/mol. The number of aliphatic carboxylic acids is 3. The van der Waals surface area contributed by atoms with Crippen LogP contribution in [0.2, 0.25) is 0 Å². The second-order valence-electron chi connectivity index (χ2n) is 6.11. The first-order valence-corrected chi connectivity index (χ1v) is 9.76. The molecule has 11 heteroatoms. The van der Waals surface area contributed by atoms with E-state index in [0.717, 1.165) is 18.9 Å². The van der Waals surface area contributed by atoms with Crippen LogP contribution in [0.3, 0.4) is 0 Å². The molecule has 3 N–H and O–H groups in total. The molecule has 0 aromatic heterocycles. The number of hydrogen-bond donors (Lipinski definition) is 3. The van der Waals surface area contributed by atoms with Gasteiger partial charge in [0.15, 0.2) is 0 Å². The second-order valence-corrected chi connectivity index (χ2v) is 7.48. The van der Waals surface area contributed by atoms with Crippen LogP contribution in [-0.4, -0.2) is 46.2 Å². The van der Waals surface area contributed by atoms with Gasteiger partial charge in [0.2, 0.25) is 0 Å². The molecule has 0 spiro atoms. The number of benzene rings is 1. The molecule has 0 fully saturated rings. The Kier molecular flexibility index (Phi) is 16.6. The first-order valence-electron chi connectivity index (χ1n) is 8.36. The normalized spacial score (nSPS) is 13.0. The van der Waals surface area contributed by atoms with Gasteiger partial charge in [0.05, 0.1) is 16.7 Å². The molecular weight excluding hydrogens is 499 g/mol. The Hall–Kier alpha value is -1.80. The summed E-state index contributed by atoms with van der Waals surface area (Å²) in [5.74, 6) is -4.24. The zero-order chi connectivity index (χ0) is 22.7. The summed E-state index contributed by atoms with van der Waals surface area (Å²) in [4.78, 5) is 29.2. The molecule has 0 aliphatic heterocycles. The van der Waals surface area contributed by atoms with Gasteiger partial charge in [-0.05, 0) is 30.0 Å². The van der Waals surface area contributed by atoms with Gasteiger partial charge in [-0.2, -0.15) is 0 Å². The Morgan fingerprint density at radius 1 is 0.931 bits per heavy atom. The van der Waals surface area contributed by atoms with E-state index < -0.39 is 39.9 Å². The summed E-state index contributed by atoms with van der Waals surface area (Å²) in [6.45, 7) is 7.95. The van der Waals surface area contributed by atoms with Crippen molar-refractivity contribution in [1.82, 2.24) is 0 Å². The zero-order valence-electron chi connectivity index (χ0n) is 16.8. The molecule has 1 rings (SSSR count). The van der Waals surface area contributed by atoms with Crippen molar-refractivity contribution in [3.63, 3.8) is 0 Å². The van der Waals surface area contributed by atoms with E-state index in [2.05, 4.69) is 13.8 Å². The minimum atomic E-state index is -4.30. The Morgan fingerprint density at radius 2 is 1.24 bits per heavy atom. The maximum Gasteiger partial charge on any atom is 0.307 e. The van der Waals surface area contributed by atoms with Crippen LogP contribution in [-0.2, 0) is 44.9 Å². The number of hydrogen-bond acceptors (Lipinski definition) is 6. The topological polar surface area (TPSA) is 169 Å². The minimum Gasteiger partial charge on any atom is -0.744 e. The van der Waals surface area contributed by atoms with Gasteiger partial charge in [0, 0.05) is 27.3 Å². The van der Waals surface area contributed by atoms with Crippen molar-refractivity contribution < 1.29 is 63.1 Å². The molecule has 0 aliphatic carbocycles. The molecule has 0 saturated carbocycles. The van der Waals surface area contributed by atoms with E-state index in [1.54, 1.807) is 12.1 Å². The van der Waals surface area contributed by atoms with Crippen LogP contribution in [0.25, 0.3) is 0 Å². The molecule has 29 heavy (non-hydrogen) atoms. The van der Waals surface area contributed by atoms with Crippen LogP contribution < -0.4 is 0 Å². The largest absolute Gasteiger partial charge is 0.744 e. The third kappa shape index (κ3) is 14.8. The van der Waals surface area contributed by atoms with Crippen LogP contribution in [0.15, 0.2) is 29.2 Å². The van der Waals surface area contributed by atoms with Crippen molar-refractivity contribution in [2.24, 2.45) is 11.8 Å². The van der Waals surface area contributed by atoms with Gasteiger partial charge in [0.25, 0.3) is 5.97 Å². The Labute approximate surface area is 184 Å². The van der Waals surface area contributed by atoms with Crippen LogP contribution in [0.4, 0.5) is 0 Å². The van der Waals surface area contributed by atoms with Crippen LogP contribution in [0.5, 0.6) is 0 Å². The zero-order valence-corrected chi connectivity index (χ0v) is 19.1. The smallest absolute Gasteiger partial charge is 0.307 e. The second kappa shape index (κ2) is 15.1. The van der Waals surface area contributed by atoms with Crippen LogP contribution in [0.1, 0.15) is 52.5 Å². The van der Waals surface area contributed by atoms with Crippen molar-refractivity contribution in [3.8, 4) is 0 Å². The average Bonchev–Trinajstić information content (AvgIpc) is 2.59. The average molecular weight is 526 g/mol. The first-order chi connectivity index (χ1) is 12.6. The maximum atomic E-state index is 10.6. The molecule has 0 heterocycles. The molecule has 3 atom stereocenters. The van der Waals surface area contributed by atoms with E-state index in [1.807, 2.05) is 0 Å². The van der Waals surface area contributed by atoms with Gasteiger partial charge >= 0.3 is 11.9 Å². The third-order valence-corrected chi connectivity index (χ3v) is 4.73. The summed E-state index contributed by atoms with van der Waals surface area (Å²) in [5, 5.41) is 24.1. The van der Waals surface area contributed by atoms with E-state index in [-0.39, 0.29) is 25.3 Å². The van der Waals surface area contributed by atoms with Crippen molar-refractivity contribution in [3.05, 3.63) is 29.8 Å². The van der Waals surface area contributed by atoms with Crippen molar-refractivity contribution in [1.29, 1.82) is 0 Å². The molecule has 0 saturated heterocycles. The van der Waals surface area contributed by atoms with Crippen molar-refractivity contribution in [2.75, 3.05) is 0 Å². The summed E-state index contributed by atoms with van der Waals surface area (Å²) in [5.41, 5.74) is 1.06. The number of carboxylic acid groups (broad SMARTS) is 3. The molecule has 0 bridgehead atoms. The summed E-state index contributed by atoms with van der Waals surface area (Å²) in [6.07, 6.45) is 0.990. The Balaban J connectivity index is -0.000000397. The predicted octanol–water partition coefficient (Wildman–Crippen LogP) is 2.62. The molecule has 0 aliphatic rings. The molecule has 0 radical (unpaired) electrons. The van der Waals surface area contributed by atoms with Gasteiger partial charge in [0.1, 0.15) is 10.1 Å². The molecule has 1 aromatic carbocycles. The molecule has 3 unspecified atom stereocenters. The molecule has 170 valence electrons. The predicted molar refractivity (Wildman–Crippen MR) is 100 cm³/mol. The van der Waals surface area contributed by atoms with Crippen LogP contribution in [0, 0.1) is 11.8 Å². The number of carbonyl (C=O) groups is 3. The van der Waals surface area contributed by atoms with Crippen molar-refractivity contribution in [2.45, 2.75) is 51.9 Å². The first kappa shape index (κ1) is 31.9. The third-order valence-electron chi connectivity index (χ3n) is 3.88. The maximum absolute atomic E-state index is 10.6. The van der Waals surface area contributed by atoms with Gasteiger partial charge in [-0.15, -0.1) is 0 Å². The molecule has 0 amide bonds. The quantitative estimate of drug-likeness (QED) is 0.373. The summed E-state index contributed by atoms with van der Waals surface area (Å²) in [7, 11) is -4.30. The minimum absolute atomic E-state index is 0. The van der Waals surface area contributed by atoms with Gasteiger partial charge < -0.3 is 19.9 Å². The molecule has 9 nitrogen and oxygen atoms in total. The van der Waals surface area contributed by atoms with E-state index in [1.165, 1.54) is 26.0 Å². The van der Waals surface area contributed by atoms with E-state index in [9.17, 15) is 22.6 Å². The van der Waals surface area contributed by atoms with E-state index in [0.29, 0.717) is 5.92 Å². The van der Waals surface area contributed by atoms with E-state index >= 15 is 0 Å². The summed E-state index contributed by atoms with van der Waals surface area (Å²) < 4.78 is 31.9. The van der Waals surface area contributed by atoms with Gasteiger partial charge in [-0.3, -0.25) is 14.4 Å². The summed E-state index contributed by atoms with van der Waals surface area (Å²) >= 11 is 0. The molecule has 1 aromatic rings. The van der Waals surface area contributed by atoms with Gasteiger partial charge in [-0.25, -0.2) is 8.42 Å². The fraction of sp³-hybridized carbons (Fsp3) is 0.500. The standard InChI is InChI=1S/C10H14O3S.C6H10O4.C2H4O2.Pd/c1-3-8(2)9-4-6-10(7-5-9)14(11,12)13;1-3(5(7)8)4(2)6(9)10;1-2(3)4;/h4-8H,3H2,1-2H3,(H,11,12,13);3-4H,1-2H3,(H,7,8)(H,9,10);1H3,(H,3,4);/p-1. The van der Waals surface area contributed by atoms with Gasteiger partial charge in [-0.1, -0.05) is 39.8 Å². The fourth-order valence-electron chi connectivity index (χ4n) is 1.63. The Bertz CT molecular complexity index is 723. The SMILES string of the molecule is CC(=O)O.CC(C(=O)O)C(C)C(=O)O.CCC(C)c1ccc(S(=O)(=O)[O-])cc1.[Pd]. The van der Waals surface area contributed by atoms with Crippen molar-refractivity contribution >= 4 is 28.0 Å². The summed E-state index contributed by atoms with van der Waals surface area (Å²) in [6, 6.07) is 6.12. The molecular formula is C18H27O9PdS-. The van der Waals surface area contributed by atoms with Crippen LogP contribution >= 0.6 is 0 Å². The van der Waals surface area contributed by atoms with E-state index in [4.69, 9.17) is 20.1 Å². The number of rotatable bonds is 6.